The van der Waals surface area contributed by atoms with Crippen LogP contribution in [0, 0.1) is 0 Å². The largest absolute Gasteiger partial charge is 0.454 e. The van der Waals surface area contributed by atoms with Crippen LogP contribution in [0.4, 0.5) is 0 Å². The molecule has 2 aliphatic rings. The summed E-state index contributed by atoms with van der Waals surface area (Å²) >= 11 is 6.13. The highest BCUT2D eigenvalue weighted by Gasteiger charge is 2.26. The Balaban J connectivity index is 1.81. The maximum Gasteiger partial charge on any atom is 0.254 e. The van der Waals surface area contributed by atoms with Gasteiger partial charge in [-0.2, -0.15) is 0 Å². The van der Waals surface area contributed by atoms with Crippen molar-refractivity contribution in [2.75, 3.05) is 13.8 Å². The van der Waals surface area contributed by atoms with Gasteiger partial charge in [-0.1, -0.05) is 30.9 Å². The van der Waals surface area contributed by atoms with Crippen molar-refractivity contribution in [3.05, 3.63) is 22.7 Å². The number of fused-ring (bicyclic) bond motifs is 1. The zero-order valence-corrected chi connectivity index (χ0v) is 12.3. The second-order valence-corrected chi connectivity index (χ2v) is 5.81. The van der Waals surface area contributed by atoms with E-state index in [1.165, 1.54) is 19.3 Å². The van der Waals surface area contributed by atoms with E-state index >= 15 is 0 Å². The molecule has 1 heterocycles. The molecule has 108 valence electrons. The van der Waals surface area contributed by atoms with Gasteiger partial charge in [-0.3, -0.25) is 4.79 Å². The van der Waals surface area contributed by atoms with Crippen molar-refractivity contribution in [3.8, 4) is 11.5 Å². The summed E-state index contributed by atoms with van der Waals surface area (Å²) in [6.45, 7) is 0.158. The number of rotatable bonds is 2. The Labute approximate surface area is 123 Å². The standard InChI is InChI=1S/C15H18ClNO3/c1-17(11-5-3-2-4-6-11)15(18)10-7-12(16)14-13(8-10)19-9-20-14/h7-8,11H,2-6,9H2,1H3. The third-order valence-corrected chi connectivity index (χ3v) is 4.40. The molecule has 1 amide bonds. The first kappa shape index (κ1) is 13.6. The average Bonchev–Trinajstić information content (AvgIpc) is 2.95. The van der Waals surface area contributed by atoms with Crippen LogP contribution in [0.15, 0.2) is 12.1 Å². The number of nitrogens with zero attached hydrogens (tertiary/aromatic N) is 1. The summed E-state index contributed by atoms with van der Waals surface area (Å²) in [6, 6.07) is 3.72. The molecule has 1 aliphatic heterocycles. The molecule has 0 atom stereocenters. The fourth-order valence-electron chi connectivity index (χ4n) is 2.93. The highest BCUT2D eigenvalue weighted by molar-refractivity contribution is 6.32. The lowest BCUT2D eigenvalue weighted by atomic mass is 9.94. The predicted molar refractivity (Wildman–Crippen MR) is 76.5 cm³/mol. The molecular formula is C15H18ClNO3. The van der Waals surface area contributed by atoms with Gasteiger partial charge in [0, 0.05) is 18.7 Å². The molecule has 0 N–H and O–H groups in total. The summed E-state index contributed by atoms with van der Waals surface area (Å²) in [5.41, 5.74) is 0.562. The van der Waals surface area contributed by atoms with Crippen molar-refractivity contribution in [1.29, 1.82) is 0 Å². The molecule has 1 fully saturated rings. The topological polar surface area (TPSA) is 38.8 Å². The van der Waals surface area contributed by atoms with Crippen LogP contribution in [0.2, 0.25) is 5.02 Å². The SMILES string of the molecule is CN(C(=O)c1cc(Cl)c2c(c1)OCO2)C1CCCCC1. The molecule has 1 aromatic rings. The van der Waals surface area contributed by atoms with E-state index in [0.29, 0.717) is 28.1 Å². The Bertz CT molecular complexity index is 526. The van der Waals surface area contributed by atoms with E-state index in [0.717, 1.165) is 12.8 Å². The van der Waals surface area contributed by atoms with Gasteiger partial charge in [0.1, 0.15) is 0 Å². The minimum atomic E-state index is -0.00269. The molecule has 3 rings (SSSR count). The molecule has 0 aromatic heterocycles. The smallest absolute Gasteiger partial charge is 0.254 e. The van der Waals surface area contributed by atoms with E-state index in [9.17, 15) is 4.79 Å². The zero-order valence-electron chi connectivity index (χ0n) is 11.5. The lowest BCUT2D eigenvalue weighted by Crippen LogP contribution is -2.38. The molecule has 0 bridgehead atoms. The molecular weight excluding hydrogens is 278 g/mol. The molecule has 5 heteroatoms. The van der Waals surface area contributed by atoms with Crippen LogP contribution in [0.25, 0.3) is 0 Å². The molecule has 0 spiro atoms. The van der Waals surface area contributed by atoms with Crippen molar-refractivity contribution in [1.82, 2.24) is 4.90 Å². The molecule has 1 aliphatic carbocycles. The number of carbonyl (C=O) groups excluding carboxylic acids is 1. The minimum absolute atomic E-state index is 0.00269. The minimum Gasteiger partial charge on any atom is -0.454 e. The monoisotopic (exact) mass is 295 g/mol. The molecule has 20 heavy (non-hydrogen) atoms. The molecule has 0 radical (unpaired) electrons. The van der Waals surface area contributed by atoms with Gasteiger partial charge < -0.3 is 14.4 Å². The van der Waals surface area contributed by atoms with Gasteiger partial charge in [-0.15, -0.1) is 0 Å². The third kappa shape index (κ3) is 2.44. The molecule has 1 saturated carbocycles. The first-order valence-electron chi connectivity index (χ1n) is 7.03. The summed E-state index contributed by atoms with van der Waals surface area (Å²) < 4.78 is 10.6. The third-order valence-electron chi connectivity index (χ3n) is 4.12. The van der Waals surface area contributed by atoms with Crippen LogP contribution in [-0.2, 0) is 0 Å². The van der Waals surface area contributed by atoms with Crippen LogP contribution in [0.5, 0.6) is 11.5 Å². The summed E-state index contributed by atoms with van der Waals surface area (Å²) in [6.07, 6.45) is 5.84. The predicted octanol–water partition coefficient (Wildman–Crippen LogP) is 3.47. The van der Waals surface area contributed by atoms with Crippen molar-refractivity contribution < 1.29 is 14.3 Å². The summed E-state index contributed by atoms with van der Waals surface area (Å²) in [4.78, 5) is 14.4. The molecule has 1 aromatic carbocycles. The first-order valence-corrected chi connectivity index (χ1v) is 7.41. The summed E-state index contributed by atoms with van der Waals surface area (Å²) in [5.74, 6) is 1.08. The lowest BCUT2D eigenvalue weighted by Gasteiger charge is -2.31. The molecule has 0 unspecified atom stereocenters. The Hall–Kier alpha value is -1.42. The van der Waals surface area contributed by atoms with Crippen LogP contribution < -0.4 is 9.47 Å². The zero-order chi connectivity index (χ0) is 14.1. The van der Waals surface area contributed by atoms with E-state index in [-0.39, 0.29) is 12.7 Å². The van der Waals surface area contributed by atoms with Crippen LogP contribution in [0.3, 0.4) is 0 Å². The maximum absolute atomic E-state index is 12.6. The fourth-order valence-corrected chi connectivity index (χ4v) is 3.19. The fraction of sp³-hybridized carbons (Fsp3) is 0.533. The van der Waals surface area contributed by atoms with Crippen molar-refractivity contribution in [2.24, 2.45) is 0 Å². The van der Waals surface area contributed by atoms with Crippen molar-refractivity contribution >= 4 is 17.5 Å². The van der Waals surface area contributed by atoms with Crippen molar-refractivity contribution in [2.45, 2.75) is 38.1 Å². The van der Waals surface area contributed by atoms with Gasteiger partial charge in [-0.05, 0) is 25.0 Å². The maximum atomic E-state index is 12.6. The highest BCUT2D eigenvalue weighted by atomic mass is 35.5. The number of hydrogen-bond donors (Lipinski definition) is 0. The summed E-state index contributed by atoms with van der Waals surface area (Å²) in [7, 11) is 1.87. The number of halogens is 1. The van der Waals surface area contributed by atoms with E-state index in [1.54, 1.807) is 12.1 Å². The second-order valence-electron chi connectivity index (χ2n) is 5.40. The van der Waals surface area contributed by atoms with Crippen LogP contribution in [0.1, 0.15) is 42.5 Å². The summed E-state index contributed by atoms with van der Waals surface area (Å²) in [5, 5.41) is 0.431. The number of carbonyl (C=O) groups is 1. The Morgan fingerprint density at radius 2 is 2.00 bits per heavy atom. The van der Waals surface area contributed by atoms with Crippen LogP contribution >= 0.6 is 11.6 Å². The van der Waals surface area contributed by atoms with E-state index in [1.807, 2.05) is 11.9 Å². The first-order chi connectivity index (χ1) is 9.66. The van der Waals surface area contributed by atoms with E-state index in [4.69, 9.17) is 21.1 Å². The van der Waals surface area contributed by atoms with Gasteiger partial charge in [0.2, 0.25) is 6.79 Å². The quantitative estimate of drug-likeness (QED) is 0.838. The number of benzene rings is 1. The highest BCUT2D eigenvalue weighted by Crippen LogP contribution is 2.40. The normalized spacial score (nSPS) is 18.1. The van der Waals surface area contributed by atoms with Gasteiger partial charge >= 0.3 is 0 Å². The van der Waals surface area contributed by atoms with E-state index < -0.39 is 0 Å². The second kappa shape index (κ2) is 5.52. The van der Waals surface area contributed by atoms with Gasteiger partial charge in [-0.25, -0.2) is 0 Å². The lowest BCUT2D eigenvalue weighted by molar-refractivity contribution is 0.0696. The Morgan fingerprint density at radius 3 is 2.75 bits per heavy atom. The number of ether oxygens (including phenoxy) is 2. The Kier molecular flexibility index (Phi) is 3.74. The molecule has 0 saturated heterocycles. The van der Waals surface area contributed by atoms with Crippen LogP contribution in [-0.4, -0.2) is 30.7 Å². The Morgan fingerprint density at radius 1 is 1.25 bits per heavy atom. The van der Waals surface area contributed by atoms with Crippen molar-refractivity contribution in [3.63, 3.8) is 0 Å². The van der Waals surface area contributed by atoms with Gasteiger partial charge in [0.15, 0.2) is 11.5 Å². The number of amides is 1. The van der Waals surface area contributed by atoms with Gasteiger partial charge in [0.05, 0.1) is 5.02 Å². The molecule has 4 nitrogen and oxygen atoms in total. The number of hydrogen-bond acceptors (Lipinski definition) is 3. The average molecular weight is 296 g/mol. The van der Waals surface area contributed by atoms with E-state index in [2.05, 4.69) is 0 Å². The van der Waals surface area contributed by atoms with Gasteiger partial charge in [0.25, 0.3) is 5.91 Å².